The first kappa shape index (κ1) is 24.7. The molecular formula is C30H38N2O. The minimum Gasteiger partial charge on any atom is -0.395 e. The van der Waals surface area contributed by atoms with Gasteiger partial charge in [-0.2, -0.15) is 0 Å². The lowest BCUT2D eigenvalue weighted by atomic mass is 9.90. The number of aryl methyl sites for hydroxylation is 3. The fraction of sp³-hybridized carbons (Fsp3) is 0.367. The van der Waals surface area contributed by atoms with Crippen LogP contribution in [0.3, 0.4) is 0 Å². The number of benzene rings is 3. The third kappa shape index (κ3) is 7.57. The van der Waals surface area contributed by atoms with Crippen molar-refractivity contribution in [3.8, 4) is 0 Å². The number of nitrogens with zero attached hydrogens (tertiary/aromatic N) is 1. The van der Waals surface area contributed by atoms with Gasteiger partial charge in [0.1, 0.15) is 6.61 Å². The summed E-state index contributed by atoms with van der Waals surface area (Å²) in [7, 11) is 0. The van der Waals surface area contributed by atoms with Crippen molar-refractivity contribution in [1.29, 1.82) is 0 Å². The van der Waals surface area contributed by atoms with Gasteiger partial charge in [0.2, 0.25) is 0 Å². The third-order valence-corrected chi connectivity index (χ3v) is 6.17. The Hall–Kier alpha value is -2.91. The molecule has 3 aromatic carbocycles. The lowest BCUT2D eigenvalue weighted by Crippen LogP contribution is -2.13. The molecule has 33 heavy (non-hydrogen) atoms. The Bertz CT molecular complexity index is 1050. The van der Waals surface area contributed by atoms with Gasteiger partial charge in [0.25, 0.3) is 0 Å². The van der Waals surface area contributed by atoms with Crippen molar-refractivity contribution < 1.29 is 4.84 Å². The highest BCUT2D eigenvalue weighted by atomic mass is 16.6. The fourth-order valence-electron chi connectivity index (χ4n) is 3.96. The van der Waals surface area contributed by atoms with Gasteiger partial charge in [-0.15, -0.1) is 0 Å². The molecule has 0 amide bonds. The van der Waals surface area contributed by atoms with E-state index in [1.165, 1.54) is 33.4 Å². The van der Waals surface area contributed by atoms with Gasteiger partial charge in [-0.1, -0.05) is 84.4 Å². The van der Waals surface area contributed by atoms with Crippen molar-refractivity contribution >= 4 is 5.71 Å². The van der Waals surface area contributed by atoms with Crippen molar-refractivity contribution in [2.75, 3.05) is 13.2 Å². The Kier molecular flexibility index (Phi) is 9.26. The summed E-state index contributed by atoms with van der Waals surface area (Å²) in [4.78, 5) is 5.92. The second kappa shape index (κ2) is 12.4. The Morgan fingerprint density at radius 3 is 2.36 bits per heavy atom. The van der Waals surface area contributed by atoms with E-state index in [2.05, 4.69) is 105 Å². The standard InChI is InChI=1S/C30H38N2O/c1-6-16-31-20-26-12-14-28(15-13-26)25(5)32-33-21-30(29-9-7-8-22(2)17-29)19-27-11-10-23(3)24(4)18-27/h7-15,17-18,30-31H,6,16,19-21H2,1-5H3/b32-25+. The smallest absolute Gasteiger partial charge is 0.124 e. The highest BCUT2D eigenvalue weighted by Crippen LogP contribution is 2.24. The molecule has 0 aliphatic heterocycles. The summed E-state index contributed by atoms with van der Waals surface area (Å²) in [6, 6.07) is 24.0. The van der Waals surface area contributed by atoms with E-state index in [0.29, 0.717) is 6.61 Å². The summed E-state index contributed by atoms with van der Waals surface area (Å²) in [5.74, 6) is 0.246. The third-order valence-electron chi connectivity index (χ3n) is 6.17. The van der Waals surface area contributed by atoms with Gasteiger partial charge in [0.05, 0.1) is 5.71 Å². The first-order valence-corrected chi connectivity index (χ1v) is 12.1. The number of rotatable bonds is 11. The van der Waals surface area contributed by atoms with E-state index in [1.807, 2.05) is 6.92 Å². The molecule has 1 atom stereocenters. The molecule has 0 aliphatic rings. The summed E-state index contributed by atoms with van der Waals surface area (Å²) < 4.78 is 0. The molecule has 0 heterocycles. The lowest BCUT2D eigenvalue weighted by Gasteiger charge is -2.18. The SMILES string of the molecule is CCCNCc1ccc(/C(C)=N/OCC(Cc2ccc(C)c(C)c2)c2cccc(C)c2)cc1. The Morgan fingerprint density at radius 2 is 1.67 bits per heavy atom. The maximum absolute atomic E-state index is 5.92. The number of hydrogen-bond acceptors (Lipinski definition) is 3. The minimum absolute atomic E-state index is 0.246. The van der Waals surface area contributed by atoms with Crippen LogP contribution in [0.15, 0.2) is 71.9 Å². The van der Waals surface area contributed by atoms with Crippen molar-refractivity contribution in [3.05, 3.63) is 106 Å². The molecule has 3 nitrogen and oxygen atoms in total. The molecule has 0 saturated heterocycles. The second-order valence-corrected chi connectivity index (χ2v) is 9.08. The van der Waals surface area contributed by atoms with Crippen LogP contribution in [0.25, 0.3) is 0 Å². The summed E-state index contributed by atoms with van der Waals surface area (Å²) in [5, 5.41) is 7.90. The maximum atomic E-state index is 5.92. The molecule has 3 heteroatoms. The van der Waals surface area contributed by atoms with Crippen molar-refractivity contribution in [2.45, 2.75) is 59.9 Å². The zero-order valence-corrected chi connectivity index (χ0v) is 20.8. The molecule has 0 radical (unpaired) electrons. The Morgan fingerprint density at radius 1 is 0.909 bits per heavy atom. The normalized spacial score (nSPS) is 12.6. The lowest BCUT2D eigenvalue weighted by molar-refractivity contribution is 0.128. The van der Waals surface area contributed by atoms with Crippen LogP contribution < -0.4 is 5.32 Å². The van der Waals surface area contributed by atoms with Crippen LogP contribution in [0.5, 0.6) is 0 Å². The second-order valence-electron chi connectivity index (χ2n) is 9.08. The number of oxime groups is 1. The average Bonchev–Trinajstić information content (AvgIpc) is 2.81. The summed E-state index contributed by atoms with van der Waals surface area (Å²) in [6.07, 6.45) is 2.08. The summed E-state index contributed by atoms with van der Waals surface area (Å²) >= 11 is 0. The quantitative estimate of drug-likeness (QED) is 0.199. The van der Waals surface area contributed by atoms with E-state index in [9.17, 15) is 0 Å². The Labute approximate surface area is 199 Å². The monoisotopic (exact) mass is 442 g/mol. The van der Waals surface area contributed by atoms with E-state index in [0.717, 1.165) is 37.2 Å². The van der Waals surface area contributed by atoms with Crippen molar-refractivity contribution in [2.24, 2.45) is 5.16 Å². The van der Waals surface area contributed by atoms with Gasteiger partial charge >= 0.3 is 0 Å². The van der Waals surface area contributed by atoms with Gasteiger partial charge in [0.15, 0.2) is 0 Å². The molecule has 174 valence electrons. The van der Waals surface area contributed by atoms with Crippen LogP contribution in [0, 0.1) is 20.8 Å². The van der Waals surface area contributed by atoms with Crippen LogP contribution in [0.4, 0.5) is 0 Å². The molecule has 3 rings (SSSR count). The summed E-state index contributed by atoms with van der Waals surface area (Å²) in [5.41, 5.74) is 9.84. The summed E-state index contributed by atoms with van der Waals surface area (Å²) in [6.45, 7) is 13.2. The van der Waals surface area contributed by atoms with E-state index >= 15 is 0 Å². The molecule has 3 aromatic rings. The first-order valence-electron chi connectivity index (χ1n) is 12.1. The topological polar surface area (TPSA) is 33.6 Å². The van der Waals surface area contributed by atoms with E-state index < -0.39 is 0 Å². The highest BCUT2D eigenvalue weighted by Gasteiger charge is 2.15. The number of nitrogens with one attached hydrogen (secondary N) is 1. The zero-order valence-electron chi connectivity index (χ0n) is 20.8. The molecular weight excluding hydrogens is 404 g/mol. The highest BCUT2D eigenvalue weighted by molar-refractivity contribution is 5.98. The van der Waals surface area contributed by atoms with Crippen molar-refractivity contribution in [1.82, 2.24) is 5.32 Å². The van der Waals surface area contributed by atoms with Crippen LogP contribution >= 0.6 is 0 Å². The molecule has 0 spiro atoms. The van der Waals surface area contributed by atoms with Crippen LogP contribution in [-0.2, 0) is 17.8 Å². The predicted molar refractivity (Wildman–Crippen MR) is 140 cm³/mol. The predicted octanol–water partition coefficient (Wildman–Crippen LogP) is 6.88. The van der Waals surface area contributed by atoms with Crippen LogP contribution in [0.1, 0.15) is 65.1 Å². The Balaban J connectivity index is 1.68. The molecule has 0 aliphatic carbocycles. The first-order chi connectivity index (χ1) is 16.0. The molecule has 1 unspecified atom stereocenters. The van der Waals surface area contributed by atoms with E-state index in [-0.39, 0.29) is 5.92 Å². The fourth-order valence-corrected chi connectivity index (χ4v) is 3.96. The van der Waals surface area contributed by atoms with E-state index in [4.69, 9.17) is 4.84 Å². The van der Waals surface area contributed by atoms with Gasteiger partial charge in [0, 0.05) is 12.5 Å². The average molecular weight is 443 g/mol. The van der Waals surface area contributed by atoms with Crippen molar-refractivity contribution in [3.63, 3.8) is 0 Å². The molecule has 0 aromatic heterocycles. The van der Waals surface area contributed by atoms with Crippen LogP contribution in [0.2, 0.25) is 0 Å². The van der Waals surface area contributed by atoms with Gasteiger partial charge < -0.3 is 10.2 Å². The molecule has 0 saturated carbocycles. The minimum atomic E-state index is 0.246. The maximum Gasteiger partial charge on any atom is 0.124 e. The van der Waals surface area contributed by atoms with E-state index in [1.54, 1.807) is 0 Å². The number of hydrogen-bond donors (Lipinski definition) is 1. The van der Waals surface area contributed by atoms with Crippen LogP contribution in [-0.4, -0.2) is 18.9 Å². The molecule has 0 fully saturated rings. The van der Waals surface area contributed by atoms with Gasteiger partial charge in [-0.05, 0) is 80.5 Å². The molecule has 1 N–H and O–H groups in total. The molecule has 0 bridgehead atoms. The van der Waals surface area contributed by atoms with Gasteiger partial charge in [-0.3, -0.25) is 0 Å². The zero-order chi connectivity index (χ0) is 23.6. The largest absolute Gasteiger partial charge is 0.395 e. The van der Waals surface area contributed by atoms with Gasteiger partial charge in [-0.25, -0.2) is 0 Å².